The molecule has 4 N–H and O–H groups in total. The van der Waals surface area contributed by atoms with E-state index in [1.54, 1.807) is 6.20 Å². The van der Waals surface area contributed by atoms with Crippen molar-refractivity contribution in [3.05, 3.63) is 57.0 Å². The number of hydrogen-bond donors (Lipinski definition) is 3. The Labute approximate surface area is 176 Å². The van der Waals surface area contributed by atoms with E-state index in [0.29, 0.717) is 8.95 Å². The van der Waals surface area contributed by atoms with E-state index in [2.05, 4.69) is 36.8 Å². The number of nitrogens with zero attached hydrogens (tertiary/aromatic N) is 2. The monoisotopic (exact) mass is 587 g/mol. The summed E-state index contributed by atoms with van der Waals surface area (Å²) >= 11 is 6.24. The van der Waals surface area contributed by atoms with Crippen molar-refractivity contribution in [2.24, 2.45) is 5.73 Å². The zero-order chi connectivity index (χ0) is 18.3. The van der Waals surface area contributed by atoms with Gasteiger partial charge in [-0.15, -0.1) is 0 Å². The van der Waals surface area contributed by atoms with Crippen molar-refractivity contribution in [2.45, 2.75) is 6.54 Å². The first kappa shape index (κ1) is 23.4. The van der Waals surface area contributed by atoms with Crippen molar-refractivity contribution in [3.63, 3.8) is 0 Å². The van der Waals surface area contributed by atoms with Crippen LogP contribution >= 0.6 is 31.9 Å². The number of rotatable bonds is 4. The van der Waals surface area contributed by atoms with Gasteiger partial charge in [0.1, 0.15) is 5.56 Å². The lowest BCUT2D eigenvalue weighted by molar-refractivity contribution is -0.684. The number of aromatic carboxylic acids is 2. The number of carboxylic acids is 2. The molecule has 11 heteroatoms. The molecular formula is C14H12Br2IN3O5. The lowest BCUT2D eigenvalue weighted by Gasteiger charge is -1.96. The highest BCUT2D eigenvalue weighted by molar-refractivity contribution is 9.10. The fraction of sp³-hybridized carbons (Fsp3) is 0.0714. The van der Waals surface area contributed by atoms with E-state index >= 15 is 0 Å². The molecule has 0 aliphatic carbocycles. The molecule has 0 atom stereocenters. The normalized spacial score (nSPS) is 9.20. The van der Waals surface area contributed by atoms with Crippen LogP contribution in [0.2, 0.25) is 0 Å². The zero-order valence-electron chi connectivity index (χ0n) is 12.4. The number of primary amides is 1. The Bertz CT molecular complexity index is 789. The first-order valence-corrected chi connectivity index (χ1v) is 7.82. The van der Waals surface area contributed by atoms with E-state index in [-0.39, 0.29) is 41.6 Å². The summed E-state index contributed by atoms with van der Waals surface area (Å²) in [5.41, 5.74) is 5.27. The summed E-state index contributed by atoms with van der Waals surface area (Å²) in [6.07, 6.45) is 5.76. The van der Waals surface area contributed by atoms with Crippen molar-refractivity contribution in [1.82, 2.24) is 4.98 Å². The van der Waals surface area contributed by atoms with Gasteiger partial charge in [-0.05, 0) is 44.0 Å². The minimum atomic E-state index is -1.05. The minimum absolute atomic E-state index is 0. The maximum atomic E-state index is 10.6. The number of amides is 1. The highest BCUT2D eigenvalue weighted by Gasteiger charge is 2.13. The molecular weight excluding hydrogens is 577 g/mol. The maximum absolute atomic E-state index is 10.6. The molecule has 0 aliphatic rings. The van der Waals surface area contributed by atoms with Gasteiger partial charge in [0.15, 0.2) is 12.4 Å². The van der Waals surface area contributed by atoms with Gasteiger partial charge < -0.3 is 39.9 Å². The Kier molecular flexibility index (Phi) is 10.4. The molecule has 2 heterocycles. The predicted octanol–water partition coefficient (Wildman–Crippen LogP) is -1.53. The molecule has 2 aromatic heterocycles. The smallest absolute Gasteiger partial charge is 0.341 e. The van der Waals surface area contributed by atoms with Gasteiger partial charge in [-0.3, -0.25) is 9.78 Å². The van der Waals surface area contributed by atoms with Crippen LogP contribution in [0.4, 0.5) is 0 Å². The quantitative estimate of drug-likeness (QED) is 0.293. The van der Waals surface area contributed by atoms with Crippen LogP contribution < -0.4 is 34.3 Å². The first-order chi connectivity index (χ1) is 11.2. The van der Waals surface area contributed by atoms with E-state index in [1.807, 2.05) is 0 Å². The molecule has 1 amide bonds. The standard InChI is InChI=1S/C8H7BrN2O3.C6H4BrNO2.HI/c9-6-1-5(8(13)14)2-11(3-6)4-7(10)12;7-5-1-4(6(9)10)2-8-3-5;/h1-3H,4H2,(H2-,10,12,13,14);1-3H,(H,9,10);1H. The predicted molar refractivity (Wildman–Crippen MR) is 89.4 cm³/mol. The lowest BCUT2D eigenvalue weighted by Crippen LogP contribution is -3.00. The molecule has 0 spiro atoms. The molecule has 8 nitrogen and oxygen atoms in total. The third-order valence-electron chi connectivity index (χ3n) is 2.42. The third-order valence-corrected chi connectivity index (χ3v) is 3.29. The lowest BCUT2D eigenvalue weighted by atomic mass is 10.3. The van der Waals surface area contributed by atoms with Crippen LogP contribution in [0.1, 0.15) is 20.7 Å². The highest BCUT2D eigenvalue weighted by atomic mass is 127. The van der Waals surface area contributed by atoms with Gasteiger partial charge in [0.25, 0.3) is 5.91 Å². The van der Waals surface area contributed by atoms with Gasteiger partial charge in [-0.2, -0.15) is 4.57 Å². The molecule has 25 heavy (non-hydrogen) atoms. The number of aromatic nitrogens is 2. The largest absolute Gasteiger partial charge is 1.00 e. The molecule has 0 radical (unpaired) electrons. The van der Waals surface area contributed by atoms with Gasteiger partial charge in [0, 0.05) is 16.9 Å². The fourth-order valence-corrected chi connectivity index (χ4v) is 2.39. The number of carbonyl (C=O) groups excluding carboxylic acids is 1. The van der Waals surface area contributed by atoms with Gasteiger partial charge in [-0.1, -0.05) is 0 Å². The van der Waals surface area contributed by atoms with Crippen molar-refractivity contribution in [2.75, 3.05) is 0 Å². The number of nitrogens with two attached hydrogens (primary N) is 1. The van der Waals surface area contributed by atoms with Crippen LogP contribution in [0.3, 0.4) is 0 Å². The minimum Gasteiger partial charge on any atom is -1.00 e. The van der Waals surface area contributed by atoms with E-state index < -0.39 is 17.8 Å². The molecule has 134 valence electrons. The Hall–Kier alpha value is -1.60. The Morgan fingerprint density at radius 2 is 1.56 bits per heavy atom. The van der Waals surface area contributed by atoms with E-state index in [4.69, 9.17) is 15.9 Å². The highest BCUT2D eigenvalue weighted by Crippen LogP contribution is 2.09. The Morgan fingerprint density at radius 3 is 2.00 bits per heavy atom. The van der Waals surface area contributed by atoms with E-state index in [1.165, 1.54) is 35.3 Å². The molecule has 0 saturated carbocycles. The molecule has 0 bridgehead atoms. The van der Waals surface area contributed by atoms with Crippen molar-refractivity contribution >= 4 is 49.7 Å². The topological polar surface area (TPSA) is 134 Å². The maximum Gasteiger partial charge on any atom is 0.341 e. The van der Waals surface area contributed by atoms with Crippen LogP contribution in [-0.2, 0) is 11.3 Å². The first-order valence-electron chi connectivity index (χ1n) is 6.24. The van der Waals surface area contributed by atoms with Gasteiger partial charge in [-0.25, -0.2) is 9.59 Å². The summed E-state index contributed by atoms with van der Waals surface area (Å²) < 4.78 is 2.67. The second-order valence-electron chi connectivity index (χ2n) is 4.38. The van der Waals surface area contributed by atoms with Crippen LogP contribution in [0, 0.1) is 0 Å². The van der Waals surface area contributed by atoms with E-state index in [0.717, 1.165) is 0 Å². The summed E-state index contributed by atoms with van der Waals surface area (Å²) in [5, 5.41) is 17.2. The molecule has 2 aromatic rings. The van der Waals surface area contributed by atoms with Crippen LogP contribution in [0.5, 0.6) is 0 Å². The van der Waals surface area contributed by atoms with Gasteiger partial charge in [0.05, 0.1) is 10.0 Å². The fourth-order valence-electron chi connectivity index (χ4n) is 1.51. The summed E-state index contributed by atoms with van der Waals surface area (Å²) in [6.45, 7) is -0.0419. The van der Waals surface area contributed by atoms with Crippen molar-refractivity contribution in [3.8, 4) is 0 Å². The molecule has 0 aromatic carbocycles. The van der Waals surface area contributed by atoms with Gasteiger partial charge in [0.2, 0.25) is 6.54 Å². The summed E-state index contributed by atoms with van der Waals surface area (Å²) in [7, 11) is 0. The average Bonchev–Trinajstić information content (AvgIpc) is 2.46. The molecule has 0 aliphatic heterocycles. The number of halogens is 3. The Morgan fingerprint density at radius 1 is 1.00 bits per heavy atom. The third kappa shape index (κ3) is 8.88. The average molecular weight is 589 g/mol. The van der Waals surface area contributed by atoms with E-state index in [9.17, 15) is 14.4 Å². The summed E-state index contributed by atoms with van der Waals surface area (Å²) in [4.78, 5) is 35.2. The number of pyridine rings is 2. The number of hydrogen-bond acceptors (Lipinski definition) is 4. The number of carbonyl (C=O) groups is 3. The summed E-state index contributed by atoms with van der Waals surface area (Å²) in [5.74, 6) is -2.54. The van der Waals surface area contributed by atoms with Crippen LogP contribution in [0.25, 0.3) is 0 Å². The molecule has 2 rings (SSSR count). The van der Waals surface area contributed by atoms with Crippen molar-refractivity contribution < 1.29 is 53.1 Å². The zero-order valence-corrected chi connectivity index (χ0v) is 17.7. The SMILES string of the molecule is NC(=O)C[n+]1cc(Br)cc(C(=O)O)c1.O=C(O)c1cncc(Br)c1.[I-]. The summed E-state index contributed by atoms with van der Waals surface area (Å²) in [6, 6.07) is 2.94. The molecule has 0 fully saturated rings. The van der Waals surface area contributed by atoms with Crippen LogP contribution in [-0.4, -0.2) is 33.0 Å². The number of carboxylic acid groups (broad SMARTS) is 2. The van der Waals surface area contributed by atoms with Crippen molar-refractivity contribution in [1.29, 1.82) is 0 Å². The molecule has 0 saturated heterocycles. The second kappa shape index (κ2) is 11.1. The second-order valence-corrected chi connectivity index (χ2v) is 6.21. The van der Waals surface area contributed by atoms with Crippen LogP contribution in [0.15, 0.2) is 45.9 Å². The van der Waals surface area contributed by atoms with Gasteiger partial charge >= 0.3 is 11.9 Å². The Balaban J connectivity index is 0.000000465. The molecule has 0 unspecified atom stereocenters.